The van der Waals surface area contributed by atoms with Gasteiger partial charge in [0.05, 0.1) is 5.56 Å². The van der Waals surface area contributed by atoms with Gasteiger partial charge in [0.15, 0.2) is 5.96 Å². The van der Waals surface area contributed by atoms with Crippen LogP contribution in [0.5, 0.6) is 0 Å². The Balaban J connectivity index is 2.45. The second-order valence-electron chi connectivity index (χ2n) is 4.66. The summed E-state index contributed by atoms with van der Waals surface area (Å²) in [4.78, 5) is 27.3. The molecule has 8 heteroatoms. The Labute approximate surface area is 128 Å². The maximum absolute atomic E-state index is 11.8. The monoisotopic (exact) mass is 307 g/mol. The first-order chi connectivity index (χ1) is 10.4. The van der Waals surface area contributed by atoms with E-state index >= 15 is 0 Å². The van der Waals surface area contributed by atoms with Gasteiger partial charge in [0.1, 0.15) is 6.04 Å². The van der Waals surface area contributed by atoms with E-state index in [1.165, 1.54) is 0 Å². The van der Waals surface area contributed by atoms with Crippen molar-refractivity contribution in [1.29, 1.82) is 0 Å². The van der Waals surface area contributed by atoms with Crippen molar-refractivity contribution < 1.29 is 14.3 Å². The molecule has 0 aliphatic rings. The van der Waals surface area contributed by atoms with E-state index in [1.807, 2.05) is 0 Å². The summed E-state index contributed by atoms with van der Waals surface area (Å²) in [7, 11) is 0. The topological polar surface area (TPSA) is 160 Å². The van der Waals surface area contributed by atoms with E-state index in [4.69, 9.17) is 27.7 Å². The molecule has 0 fully saturated rings. The lowest BCUT2D eigenvalue weighted by Gasteiger charge is -2.09. The zero-order valence-electron chi connectivity index (χ0n) is 12.2. The Morgan fingerprint density at radius 2 is 1.82 bits per heavy atom. The van der Waals surface area contributed by atoms with Crippen molar-refractivity contribution >= 4 is 17.9 Å². The number of benzene rings is 1. The number of esters is 2. The first-order valence-electron chi connectivity index (χ1n) is 6.80. The van der Waals surface area contributed by atoms with E-state index in [-0.39, 0.29) is 11.5 Å². The molecule has 1 atom stereocenters. The van der Waals surface area contributed by atoms with Gasteiger partial charge in [-0.2, -0.15) is 0 Å². The predicted molar refractivity (Wildman–Crippen MR) is 82.6 cm³/mol. The molecule has 0 aliphatic carbocycles. The molecule has 120 valence electrons. The van der Waals surface area contributed by atoms with Crippen molar-refractivity contribution in [2.24, 2.45) is 27.9 Å². The number of hydrogen-bond donors (Lipinski definition) is 4. The normalized spacial score (nSPS) is 11.5. The van der Waals surface area contributed by atoms with Crippen LogP contribution < -0.4 is 22.9 Å². The maximum atomic E-state index is 11.8. The van der Waals surface area contributed by atoms with Gasteiger partial charge in [0.2, 0.25) is 0 Å². The number of nitrogens with two attached hydrogens (primary N) is 4. The fraction of sp³-hybridized carbons (Fsp3) is 0.357. The maximum Gasteiger partial charge on any atom is 0.345 e. The van der Waals surface area contributed by atoms with Crippen molar-refractivity contribution in [2.45, 2.75) is 25.4 Å². The lowest BCUT2D eigenvalue weighted by Crippen LogP contribution is -2.34. The molecule has 0 radical (unpaired) electrons. The summed E-state index contributed by atoms with van der Waals surface area (Å²) < 4.78 is 4.73. The third kappa shape index (κ3) is 5.90. The molecule has 0 saturated heterocycles. The Kier molecular flexibility index (Phi) is 7.00. The molecular weight excluding hydrogens is 286 g/mol. The van der Waals surface area contributed by atoms with Crippen molar-refractivity contribution in [2.75, 3.05) is 6.54 Å². The molecule has 1 aromatic rings. The zero-order valence-corrected chi connectivity index (χ0v) is 12.2. The molecule has 0 heterocycles. The number of guanidine groups is 1. The summed E-state index contributed by atoms with van der Waals surface area (Å²) in [6.45, 7) is 0.729. The third-order valence-corrected chi connectivity index (χ3v) is 2.89. The number of aliphatic imine (C=N–C) groups is 1. The van der Waals surface area contributed by atoms with E-state index in [1.54, 1.807) is 24.3 Å². The molecule has 0 spiro atoms. The van der Waals surface area contributed by atoms with Crippen LogP contribution in [0.1, 0.15) is 28.8 Å². The van der Waals surface area contributed by atoms with Gasteiger partial charge in [0.25, 0.3) is 0 Å². The summed E-state index contributed by atoms with van der Waals surface area (Å²) >= 11 is 0. The van der Waals surface area contributed by atoms with Crippen molar-refractivity contribution in [3.8, 4) is 0 Å². The van der Waals surface area contributed by atoms with E-state index in [0.717, 1.165) is 5.56 Å². The highest BCUT2D eigenvalue weighted by Gasteiger charge is 2.19. The average Bonchev–Trinajstić information content (AvgIpc) is 2.51. The van der Waals surface area contributed by atoms with Gasteiger partial charge in [-0.15, -0.1) is 0 Å². The molecule has 8 N–H and O–H groups in total. The van der Waals surface area contributed by atoms with Crippen LogP contribution in [0.2, 0.25) is 0 Å². The molecule has 1 aromatic carbocycles. The number of hydrogen-bond acceptors (Lipinski definition) is 6. The minimum atomic E-state index is -0.901. The molecule has 8 nitrogen and oxygen atoms in total. The highest BCUT2D eigenvalue weighted by Crippen LogP contribution is 2.07. The third-order valence-electron chi connectivity index (χ3n) is 2.89. The van der Waals surface area contributed by atoms with Crippen molar-refractivity contribution in [3.05, 3.63) is 35.4 Å². The van der Waals surface area contributed by atoms with Gasteiger partial charge in [-0.05, 0) is 30.5 Å². The van der Waals surface area contributed by atoms with Gasteiger partial charge in [0, 0.05) is 13.1 Å². The lowest BCUT2D eigenvalue weighted by molar-refractivity contribution is -0.139. The quantitative estimate of drug-likeness (QED) is 0.169. The van der Waals surface area contributed by atoms with Crippen LogP contribution in [-0.2, 0) is 16.1 Å². The number of rotatable bonds is 7. The number of nitrogens with zero attached hydrogens (tertiary/aromatic N) is 1. The second-order valence-corrected chi connectivity index (χ2v) is 4.66. The summed E-state index contributed by atoms with van der Waals surface area (Å²) in [5.74, 6) is -1.54. The van der Waals surface area contributed by atoms with Gasteiger partial charge in [-0.1, -0.05) is 12.1 Å². The minimum absolute atomic E-state index is 0.0211. The predicted octanol–water partition coefficient (Wildman–Crippen LogP) is -0.790. The first-order valence-corrected chi connectivity index (χ1v) is 6.80. The van der Waals surface area contributed by atoms with E-state index in [0.29, 0.717) is 25.9 Å². The summed E-state index contributed by atoms with van der Waals surface area (Å²) in [6, 6.07) is 5.57. The average molecular weight is 307 g/mol. The minimum Gasteiger partial charge on any atom is -0.388 e. The van der Waals surface area contributed by atoms with Crippen LogP contribution in [0, 0.1) is 0 Å². The summed E-state index contributed by atoms with van der Waals surface area (Å²) in [5, 5.41) is 0. The molecule has 0 aromatic heterocycles. The van der Waals surface area contributed by atoms with Crippen LogP contribution in [-0.4, -0.2) is 30.5 Å². The fourth-order valence-corrected chi connectivity index (χ4v) is 1.64. The van der Waals surface area contributed by atoms with Crippen molar-refractivity contribution in [3.63, 3.8) is 0 Å². The number of carbonyl (C=O) groups is 2. The number of carbonyl (C=O) groups excluding carboxylic acids is 2. The Morgan fingerprint density at radius 1 is 1.18 bits per heavy atom. The number of ether oxygens (including phenoxy) is 1. The SMILES string of the molecule is NCc1ccc(C(=O)OC(=O)[C@@H](N)CCCN=C(N)N)cc1. The Bertz CT molecular complexity index is 538. The molecule has 0 saturated carbocycles. The molecule has 0 unspecified atom stereocenters. The Morgan fingerprint density at radius 3 is 2.36 bits per heavy atom. The van der Waals surface area contributed by atoms with Crippen LogP contribution in [0.15, 0.2) is 29.3 Å². The molecule has 0 amide bonds. The van der Waals surface area contributed by atoms with E-state index in [9.17, 15) is 9.59 Å². The van der Waals surface area contributed by atoms with Gasteiger partial charge in [-0.25, -0.2) is 9.59 Å². The smallest absolute Gasteiger partial charge is 0.345 e. The fourth-order valence-electron chi connectivity index (χ4n) is 1.64. The Hall–Kier alpha value is -2.45. The molecule has 1 rings (SSSR count). The molecular formula is C14H21N5O3. The van der Waals surface area contributed by atoms with Crippen LogP contribution in [0.3, 0.4) is 0 Å². The van der Waals surface area contributed by atoms with Gasteiger partial charge in [-0.3, -0.25) is 4.99 Å². The first kappa shape index (κ1) is 17.6. The molecule has 22 heavy (non-hydrogen) atoms. The molecule has 0 aliphatic heterocycles. The van der Waals surface area contributed by atoms with Gasteiger partial charge < -0.3 is 27.7 Å². The van der Waals surface area contributed by atoms with E-state index < -0.39 is 18.0 Å². The lowest BCUT2D eigenvalue weighted by atomic mass is 10.1. The standard InChI is InChI=1S/C14H21N5O3/c15-8-9-3-5-10(6-4-9)12(20)22-13(21)11(16)2-1-7-19-14(17)18/h3-6,11H,1-2,7-8,15-16H2,(H4,17,18,19)/t11-/m0/s1. The zero-order chi connectivity index (χ0) is 16.5. The van der Waals surface area contributed by atoms with Crippen LogP contribution in [0.25, 0.3) is 0 Å². The summed E-state index contributed by atoms with van der Waals surface area (Å²) in [5.41, 5.74) is 22.6. The second kappa shape index (κ2) is 8.75. The molecule has 0 bridgehead atoms. The van der Waals surface area contributed by atoms with E-state index in [2.05, 4.69) is 4.99 Å². The van der Waals surface area contributed by atoms with Crippen LogP contribution >= 0.6 is 0 Å². The largest absolute Gasteiger partial charge is 0.388 e. The summed E-state index contributed by atoms with van der Waals surface area (Å²) in [6.07, 6.45) is 0.822. The van der Waals surface area contributed by atoms with Gasteiger partial charge >= 0.3 is 11.9 Å². The highest BCUT2D eigenvalue weighted by atomic mass is 16.6. The highest BCUT2D eigenvalue weighted by molar-refractivity contribution is 5.98. The van der Waals surface area contributed by atoms with Crippen LogP contribution in [0.4, 0.5) is 0 Å². The van der Waals surface area contributed by atoms with Crippen molar-refractivity contribution in [1.82, 2.24) is 0 Å².